The highest BCUT2D eigenvalue weighted by atomic mass is 16.6. The molecule has 2 rings (SSSR count). The van der Waals surface area contributed by atoms with Crippen LogP contribution in [0.5, 0.6) is 0 Å². The molecule has 0 aromatic rings. The normalized spacial score (nSPS) is 21.6. The molecule has 5 nitrogen and oxygen atoms in total. The molecule has 0 radical (unpaired) electrons. The third kappa shape index (κ3) is 4.80. The van der Waals surface area contributed by atoms with Gasteiger partial charge in [0.1, 0.15) is 5.60 Å². The number of carbonyl (C=O) groups excluding carboxylic acids is 1. The summed E-state index contributed by atoms with van der Waals surface area (Å²) < 4.78 is 5.53. The molecular weight excluding hydrogens is 314 g/mol. The molecule has 0 saturated carbocycles. The highest BCUT2D eigenvalue weighted by Gasteiger charge is 2.43. The average molecular weight is 348 g/mol. The van der Waals surface area contributed by atoms with Gasteiger partial charge in [0, 0.05) is 26.2 Å². The van der Waals surface area contributed by atoms with Gasteiger partial charge < -0.3 is 20.3 Å². The SMILES string of the molecule is C=C/C=C(\C(N)=C/C)N1CCC2(CCN(C(=O)OC(C)(C)C)C2)CC1. The Kier molecular flexibility index (Phi) is 5.86. The van der Waals surface area contributed by atoms with E-state index in [1.807, 2.05) is 44.7 Å². The van der Waals surface area contributed by atoms with Crippen LogP contribution < -0.4 is 5.73 Å². The number of nitrogens with two attached hydrogens (primary N) is 1. The number of piperidine rings is 1. The Bertz CT molecular complexity index is 564. The second-order valence-corrected chi connectivity index (χ2v) is 8.17. The first-order chi connectivity index (χ1) is 11.7. The lowest BCUT2D eigenvalue weighted by Gasteiger charge is -2.41. The molecule has 2 heterocycles. The Hall–Kier alpha value is -1.91. The van der Waals surface area contributed by atoms with Crippen LogP contribution in [-0.4, -0.2) is 47.7 Å². The Morgan fingerprint density at radius 3 is 2.20 bits per heavy atom. The van der Waals surface area contributed by atoms with Crippen LogP contribution in [0.3, 0.4) is 0 Å². The predicted octanol–water partition coefficient (Wildman–Crippen LogP) is 3.64. The first-order valence-electron chi connectivity index (χ1n) is 9.17. The molecule has 1 amide bonds. The van der Waals surface area contributed by atoms with E-state index in [0.29, 0.717) is 0 Å². The maximum atomic E-state index is 12.3. The summed E-state index contributed by atoms with van der Waals surface area (Å²) in [5, 5.41) is 0. The fourth-order valence-electron chi connectivity index (χ4n) is 3.69. The third-order valence-corrected chi connectivity index (χ3v) is 5.14. The summed E-state index contributed by atoms with van der Waals surface area (Å²) in [5.41, 5.74) is 7.75. The summed E-state index contributed by atoms with van der Waals surface area (Å²) in [5.74, 6) is 0. The van der Waals surface area contributed by atoms with Crippen molar-refractivity contribution < 1.29 is 9.53 Å². The van der Waals surface area contributed by atoms with Crippen molar-refractivity contribution in [2.75, 3.05) is 26.2 Å². The van der Waals surface area contributed by atoms with E-state index in [4.69, 9.17) is 10.5 Å². The summed E-state index contributed by atoms with van der Waals surface area (Å²) in [4.78, 5) is 16.5. The Morgan fingerprint density at radius 1 is 1.16 bits per heavy atom. The molecule has 2 fully saturated rings. The summed E-state index contributed by atoms with van der Waals surface area (Å²) in [6.07, 6.45) is 8.71. The van der Waals surface area contributed by atoms with Crippen LogP contribution in [0.15, 0.2) is 36.2 Å². The van der Waals surface area contributed by atoms with Gasteiger partial charge in [0.15, 0.2) is 0 Å². The second kappa shape index (κ2) is 7.54. The second-order valence-electron chi connectivity index (χ2n) is 8.17. The van der Waals surface area contributed by atoms with Crippen LogP contribution >= 0.6 is 0 Å². The smallest absolute Gasteiger partial charge is 0.410 e. The molecule has 0 aliphatic carbocycles. The van der Waals surface area contributed by atoms with Crippen molar-refractivity contribution in [2.24, 2.45) is 11.1 Å². The molecule has 140 valence electrons. The van der Waals surface area contributed by atoms with Crippen LogP contribution in [0.25, 0.3) is 0 Å². The monoisotopic (exact) mass is 347 g/mol. The molecule has 0 bridgehead atoms. The number of ether oxygens (including phenoxy) is 1. The van der Waals surface area contributed by atoms with Crippen LogP contribution in [0, 0.1) is 5.41 Å². The van der Waals surface area contributed by atoms with Gasteiger partial charge in [0.2, 0.25) is 0 Å². The van der Waals surface area contributed by atoms with E-state index in [1.54, 1.807) is 6.08 Å². The van der Waals surface area contributed by atoms with Crippen LogP contribution in [0.4, 0.5) is 4.79 Å². The zero-order chi connectivity index (χ0) is 18.7. The number of allylic oxidation sites excluding steroid dienone is 3. The first-order valence-corrected chi connectivity index (χ1v) is 9.17. The molecule has 2 N–H and O–H groups in total. The summed E-state index contributed by atoms with van der Waals surface area (Å²) in [7, 11) is 0. The van der Waals surface area contributed by atoms with E-state index in [0.717, 1.165) is 56.8 Å². The van der Waals surface area contributed by atoms with E-state index in [9.17, 15) is 4.79 Å². The standard InChI is InChI=1S/C20H33N3O2/c1-6-8-17(16(21)7-2)22-12-9-20(10-13-22)11-14-23(15-20)18(24)25-19(3,4)5/h6-8H,1,9-15,21H2,2-5H3/b16-7+,17-8+. The molecule has 2 saturated heterocycles. The Morgan fingerprint density at radius 2 is 1.72 bits per heavy atom. The molecule has 0 atom stereocenters. The molecule has 0 unspecified atom stereocenters. The molecule has 1 spiro atoms. The highest BCUT2D eigenvalue weighted by Crippen LogP contribution is 2.41. The van der Waals surface area contributed by atoms with Crippen molar-refractivity contribution in [3.63, 3.8) is 0 Å². The van der Waals surface area contributed by atoms with Crippen molar-refractivity contribution in [1.29, 1.82) is 0 Å². The van der Waals surface area contributed by atoms with E-state index < -0.39 is 5.60 Å². The van der Waals surface area contributed by atoms with Gasteiger partial charge in [0.05, 0.1) is 11.4 Å². The topological polar surface area (TPSA) is 58.8 Å². The molecule has 0 aromatic heterocycles. The molecular formula is C20H33N3O2. The fraction of sp³-hybridized carbons (Fsp3) is 0.650. The largest absolute Gasteiger partial charge is 0.444 e. The number of hydrogen-bond donors (Lipinski definition) is 1. The molecule has 25 heavy (non-hydrogen) atoms. The van der Waals surface area contributed by atoms with Gasteiger partial charge in [-0.05, 0) is 58.4 Å². The summed E-state index contributed by atoms with van der Waals surface area (Å²) in [6.45, 7) is 15.0. The zero-order valence-corrected chi connectivity index (χ0v) is 16.2. The van der Waals surface area contributed by atoms with Gasteiger partial charge in [-0.2, -0.15) is 0 Å². The van der Waals surface area contributed by atoms with E-state index >= 15 is 0 Å². The minimum absolute atomic E-state index is 0.183. The number of likely N-dealkylation sites (tertiary alicyclic amines) is 2. The lowest BCUT2D eigenvalue weighted by Crippen LogP contribution is -2.43. The minimum Gasteiger partial charge on any atom is -0.444 e. The predicted molar refractivity (Wildman–Crippen MR) is 102 cm³/mol. The highest BCUT2D eigenvalue weighted by molar-refractivity contribution is 5.68. The van der Waals surface area contributed by atoms with Gasteiger partial charge in [0.25, 0.3) is 0 Å². The lowest BCUT2D eigenvalue weighted by molar-refractivity contribution is 0.0253. The van der Waals surface area contributed by atoms with Gasteiger partial charge in [-0.25, -0.2) is 4.79 Å². The van der Waals surface area contributed by atoms with E-state index in [1.165, 1.54) is 0 Å². The number of hydrogen-bond acceptors (Lipinski definition) is 4. The minimum atomic E-state index is -0.440. The number of nitrogens with zero attached hydrogens (tertiary/aromatic N) is 2. The van der Waals surface area contributed by atoms with Crippen molar-refractivity contribution >= 4 is 6.09 Å². The number of amides is 1. The number of carbonyl (C=O) groups is 1. The lowest BCUT2D eigenvalue weighted by atomic mass is 9.77. The van der Waals surface area contributed by atoms with Crippen molar-refractivity contribution in [3.05, 3.63) is 36.2 Å². The quantitative estimate of drug-likeness (QED) is 0.792. The van der Waals surface area contributed by atoms with E-state index in [2.05, 4.69) is 11.5 Å². The summed E-state index contributed by atoms with van der Waals surface area (Å²) in [6, 6.07) is 0. The third-order valence-electron chi connectivity index (χ3n) is 5.14. The van der Waals surface area contributed by atoms with Crippen LogP contribution in [0.1, 0.15) is 47.0 Å². The van der Waals surface area contributed by atoms with Crippen molar-refractivity contribution in [2.45, 2.75) is 52.6 Å². The zero-order valence-electron chi connectivity index (χ0n) is 16.2. The first kappa shape index (κ1) is 19.4. The fourth-order valence-corrected chi connectivity index (χ4v) is 3.69. The maximum Gasteiger partial charge on any atom is 0.410 e. The molecule has 2 aliphatic rings. The van der Waals surface area contributed by atoms with Gasteiger partial charge >= 0.3 is 6.09 Å². The molecule has 0 aromatic carbocycles. The van der Waals surface area contributed by atoms with Crippen LogP contribution in [0.2, 0.25) is 0 Å². The molecule has 5 heteroatoms. The van der Waals surface area contributed by atoms with Crippen molar-refractivity contribution in [3.8, 4) is 0 Å². The van der Waals surface area contributed by atoms with E-state index in [-0.39, 0.29) is 11.5 Å². The van der Waals surface area contributed by atoms with Crippen molar-refractivity contribution in [1.82, 2.24) is 9.80 Å². The van der Waals surface area contributed by atoms with Crippen LogP contribution in [-0.2, 0) is 4.74 Å². The van der Waals surface area contributed by atoms with Gasteiger partial charge in [-0.1, -0.05) is 18.7 Å². The van der Waals surface area contributed by atoms with Gasteiger partial charge in [-0.3, -0.25) is 0 Å². The molecule has 2 aliphatic heterocycles. The Labute approximate surface area is 152 Å². The summed E-state index contributed by atoms with van der Waals surface area (Å²) >= 11 is 0. The number of rotatable bonds is 3. The Balaban J connectivity index is 1.97. The van der Waals surface area contributed by atoms with Gasteiger partial charge in [-0.15, -0.1) is 0 Å². The maximum absolute atomic E-state index is 12.3. The average Bonchev–Trinajstić information content (AvgIpc) is 2.95.